The third-order valence-electron chi connectivity index (χ3n) is 4.27. The summed E-state index contributed by atoms with van der Waals surface area (Å²) in [4.78, 5) is 13.0. The van der Waals surface area contributed by atoms with E-state index in [0.717, 1.165) is 10.7 Å². The van der Waals surface area contributed by atoms with Crippen LogP contribution in [0.25, 0.3) is 27.7 Å². The summed E-state index contributed by atoms with van der Waals surface area (Å²) in [6.45, 7) is 0. The standard InChI is InChI=1S/C21H11ClF4N2O2/c22-13-4-9-17-18(11-13)20(29)28(15-7-5-14(23)6-8-15)27-19(17)12-2-1-3-16(10-12)30-21(24,25)26/h1-11H. The van der Waals surface area contributed by atoms with Crippen molar-refractivity contribution in [2.24, 2.45) is 0 Å². The van der Waals surface area contributed by atoms with Crippen LogP contribution in [0.1, 0.15) is 0 Å². The Morgan fingerprint density at radius 2 is 1.67 bits per heavy atom. The molecular weight excluding hydrogens is 424 g/mol. The van der Waals surface area contributed by atoms with Gasteiger partial charge in [-0.2, -0.15) is 9.78 Å². The molecule has 0 aliphatic carbocycles. The van der Waals surface area contributed by atoms with E-state index >= 15 is 0 Å². The number of hydrogen-bond acceptors (Lipinski definition) is 3. The van der Waals surface area contributed by atoms with Gasteiger partial charge in [-0.15, -0.1) is 13.2 Å². The smallest absolute Gasteiger partial charge is 0.406 e. The van der Waals surface area contributed by atoms with Gasteiger partial charge < -0.3 is 4.74 Å². The lowest BCUT2D eigenvalue weighted by Crippen LogP contribution is -2.22. The summed E-state index contributed by atoms with van der Waals surface area (Å²) in [5, 5.41) is 5.24. The number of fused-ring (bicyclic) bond motifs is 1. The Morgan fingerprint density at radius 1 is 0.933 bits per heavy atom. The third-order valence-corrected chi connectivity index (χ3v) is 4.51. The molecule has 0 N–H and O–H groups in total. The molecular formula is C21H11ClF4N2O2. The van der Waals surface area contributed by atoms with Crippen LogP contribution in [0.4, 0.5) is 17.6 Å². The number of halogens is 5. The molecule has 0 atom stereocenters. The highest BCUT2D eigenvalue weighted by Crippen LogP contribution is 2.31. The lowest BCUT2D eigenvalue weighted by Gasteiger charge is -2.13. The molecule has 0 amide bonds. The first-order chi connectivity index (χ1) is 14.2. The molecule has 152 valence electrons. The number of ether oxygens (including phenoxy) is 1. The van der Waals surface area contributed by atoms with E-state index in [1.165, 1.54) is 42.5 Å². The first-order valence-corrected chi connectivity index (χ1v) is 8.94. The molecule has 0 bridgehead atoms. The zero-order chi connectivity index (χ0) is 21.5. The molecule has 4 aromatic rings. The molecule has 0 radical (unpaired) electrons. The summed E-state index contributed by atoms with van der Waals surface area (Å²) in [7, 11) is 0. The van der Waals surface area contributed by atoms with Gasteiger partial charge >= 0.3 is 6.36 Å². The lowest BCUT2D eigenvalue weighted by molar-refractivity contribution is -0.274. The molecule has 1 aromatic heterocycles. The molecule has 0 saturated heterocycles. The molecule has 4 rings (SSSR count). The van der Waals surface area contributed by atoms with Gasteiger partial charge in [0.1, 0.15) is 11.6 Å². The predicted molar refractivity (Wildman–Crippen MR) is 104 cm³/mol. The van der Waals surface area contributed by atoms with Crippen molar-refractivity contribution in [1.82, 2.24) is 9.78 Å². The molecule has 1 heterocycles. The highest BCUT2D eigenvalue weighted by molar-refractivity contribution is 6.31. The monoisotopic (exact) mass is 434 g/mol. The van der Waals surface area contributed by atoms with Crippen molar-refractivity contribution in [3.63, 3.8) is 0 Å². The molecule has 3 aromatic carbocycles. The van der Waals surface area contributed by atoms with Crippen LogP contribution in [-0.2, 0) is 0 Å². The van der Waals surface area contributed by atoms with Crippen LogP contribution in [0.5, 0.6) is 5.75 Å². The van der Waals surface area contributed by atoms with E-state index in [0.29, 0.717) is 16.0 Å². The summed E-state index contributed by atoms with van der Waals surface area (Å²) in [5.74, 6) is -0.920. The van der Waals surface area contributed by atoms with Gasteiger partial charge in [-0.25, -0.2) is 4.39 Å². The van der Waals surface area contributed by atoms with E-state index in [1.807, 2.05) is 0 Å². The minimum atomic E-state index is -4.85. The third kappa shape index (κ3) is 3.99. The van der Waals surface area contributed by atoms with Gasteiger partial charge in [0.2, 0.25) is 0 Å². The van der Waals surface area contributed by atoms with Crippen molar-refractivity contribution >= 4 is 22.4 Å². The van der Waals surface area contributed by atoms with Crippen LogP contribution in [0.2, 0.25) is 5.02 Å². The van der Waals surface area contributed by atoms with Crippen molar-refractivity contribution < 1.29 is 22.3 Å². The van der Waals surface area contributed by atoms with Gasteiger partial charge in [-0.05, 0) is 48.5 Å². The van der Waals surface area contributed by atoms with Crippen LogP contribution in [0.3, 0.4) is 0 Å². The van der Waals surface area contributed by atoms with Gasteiger partial charge in [-0.3, -0.25) is 4.79 Å². The Morgan fingerprint density at radius 3 is 2.37 bits per heavy atom. The fraction of sp³-hybridized carbons (Fsp3) is 0.0476. The maximum absolute atomic E-state index is 13.3. The summed E-state index contributed by atoms with van der Waals surface area (Å²) in [5.41, 5.74) is 0.302. The van der Waals surface area contributed by atoms with Crippen molar-refractivity contribution in [2.75, 3.05) is 0 Å². The number of hydrogen-bond donors (Lipinski definition) is 0. The first kappa shape index (κ1) is 19.9. The Kier molecular flexibility index (Phi) is 4.95. The molecule has 30 heavy (non-hydrogen) atoms. The number of benzene rings is 3. The topological polar surface area (TPSA) is 44.1 Å². The molecule has 0 fully saturated rings. The van der Waals surface area contributed by atoms with E-state index in [9.17, 15) is 22.4 Å². The van der Waals surface area contributed by atoms with E-state index < -0.39 is 23.5 Å². The Labute approximate surface area is 171 Å². The largest absolute Gasteiger partial charge is 0.573 e. The Hall–Kier alpha value is -3.39. The number of alkyl halides is 3. The number of rotatable bonds is 3. The second kappa shape index (κ2) is 7.46. The summed E-state index contributed by atoms with van der Waals surface area (Å²) in [6, 6.07) is 14.9. The SMILES string of the molecule is O=c1c2cc(Cl)ccc2c(-c2cccc(OC(F)(F)F)c2)nn1-c1ccc(F)cc1. The quantitative estimate of drug-likeness (QED) is 0.386. The summed E-state index contributed by atoms with van der Waals surface area (Å²) in [6.07, 6.45) is -4.85. The van der Waals surface area contributed by atoms with Crippen LogP contribution in [-0.4, -0.2) is 16.1 Å². The average molecular weight is 435 g/mol. The maximum atomic E-state index is 13.3. The average Bonchev–Trinajstić information content (AvgIpc) is 2.68. The second-order valence-corrected chi connectivity index (χ2v) is 6.74. The zero-order valence-corrected chi connectivity index (χ0v) is 15.7. The van der Waals surface area contributed by atoms with E-state index in [1.54, 1.807) is 18.2 Å². The molecule has 9 heteroatoms. The molecule has 0 aliphatic heterocycles. The number of aromatic nitrogens is 2. The van der Waals surface area contributed by atoms with Crippen LogP contribution < -0.4 is 10.3 Å². The fourth-order valence-corrected chi connectivity index (χ4v) is 3.20. The van der Waals surface area contributed by atoms with E-state index in [4.69, 9.17) is 11.6 Å². The second-order valence-electron chi connectivity index (χ2n) is 6.31. The normalized spacial score (nSPS) is 11.6. The van der Waals surface area contributed by atoms with Crippen LogP contribution >= 0.6 is 11.6 Å². The molecule has 4 nitrogen and oxygen atoms in total. The van der Waals surface area contributed by atoms with Crippen molar-refractivity contribution in [3.8, 4) is 22.7 Å². The minimum Gasteiger partial charge on any atom is -0.406 e. The Bertz CT molecular complexity index is 1300. The summed E-state index contributed by atoms with van der Waals surface area (Å²) < 4.78 is 56.2. The maximum Gasteiger partial charge on any atom is 0.573 e. The molecule has 0 spiro atoms. The molecule has 0 saturated carbocycles. The van der Waals surface area contributed by atoms with Gasteiger partial charge in [0.25, 0.3) is 5.56 Å². The lowest BCUT2D eigenvalue weighted by atomic mass is 10.0. The minimum absolute atomic E-state index is 0.207. The molecule has 0 aliphatic rings. The van der Waals surface area contributed by atoms with E-state index in [-0.39, 0.29) is 16.8 Å². The van der Waals surface area contributed by atoms with Gasteiger partial charge in [0.15, 0.2) is 0 Å². The van der Waals surface area contributed by atoms with Gasteiger partial charge in [0.05, 0.1) is 16.8 Å². The van der Waals surface area contributed by atoms with Gasteiger partial charge in [-0.1, -0.05) is 29.8 Å². The van der Waals surface area contributed by atoms with Crippen molar-refractivity contribution in [3.05, 3.63) is 87.9 Å². The van der Waals surface area contributed by atoms with Crippen LogP contribution in [0, 0.1) is 5.82 Å². The van der Waals surface area contributed by atoms with Crippen LogP contribution in [0.15, 0.2) is 71.5 Å². The van der Waals surface area contributed by atoms with Crippen molar-refractivity contribution in [1.29, 1.82) is 0 Å². The number of nitrogens with zero attached hydrogens (tertiary/aromatic N) is 2. The Balaban J connectivity index is 1.98. The fourth-order valence-electron chi connectivity index (χ4n) is 3.02. The van der Waals surface area contributed by atoms with Gasteiger partial charge in [0, 0.05) is 16.0 Å². The highest BCUT2D eigenvalue weighted by Gasteiger charge is 2.31. The summed E-state index contributed by atoms with van der Waals surface area (Å²) >= 11 is 6.04. The first-order valence-electron chi connectivity index (χ1n) is 8.56. The van der Waals surface area contributed by atoms with Crippen molar-refractivity contribution in [2.45, 2.75) is 6.36 Å². The van der Waals surface area contributed by atoms with E-state index in [2.05, 4.69) is 9.84 Å². The molecule has 0 unspecified atom stereocenters. The zero-order valence-electron chi connectivity index (χ0n) is 15.0. The predicted octanol–water partition coefficient (Wildman–Crippen LogP) is 5.74. The highest BCUT2D eigenvalue weighted by atomic mass is 35.5.